The van der Waals surface area contributed by atoms with Gasteiger partial charge < -0.3 is 9.45 Å². The highest BCUT2D eigenvalue weighted by molar-refractivity contribution is 8.53. The lowest BCUT2D eigenvalue weighted by Crippen LogP contribution is -2.37. The van der Waals surface area contributed by atoms with Crippen LogP contribution in [0.15, 0.2) is 4.99 Å². The molecule has 0 aromatic heterocycles. The molecule has 0 saturated carbocycles. The average molecular weight is 224 g/mol. The molecule has 0 saturated heterocycles. The molecule has 1 aliphatic rings. The van der Waals surface area contributed by atoms with Crippen LogP contribution in [0.2, 0.25) is 0 Å². The summed E-state index contributed by atoms with van der Waals surface area (Å²) in [6, 6.07) is 0. The van der Waals surface area contributed by atoms with Crippen molar-refractivity contribution in [3.8, 4) is 0 Å². The molecule has 1 heterocycles. The molecule has 0 aromatic carbocycles. The molecule has 1 aliphatic heterocycles. The van der Waals surface area contributed by atoms with E-state index in [2.05, 4.69) is 4.99 Å². The minimum atomic E-state index is -2.30. The third-order valence-corrected chi connectivity index (χ3v) is 4.40. The van der Waals surface area contributed by atoms with Gasteiger partial charge >= 0.3 is 0 Å². The standard InChI is InChI=1S/C6H12N2OS3/c1-2-6(12(9,10)11)8-4-3-7-5-8/h5-6H,2-4H2,1H3,(H,9,10,11). The Morgan fingerprint density at radius 2 is 2.42 bits per heavy atom. The molecular weight excluding hydrogens is 212 g/mol. The Bertz CT molecular complexity index is 273. The fourth-order valence-corrected chi connectivity index (χ4v) is 3.63. The van der Waals surface area contributed by atoms with Crippen LogP contribution in [0, 0.1) is 0 Å². The van der Waals surface area contributed by atoms with Gasteiger partial charge in [-0.1, -0.05) is 6.92 Å². The van der Waals surface area contributed by atoms with Crippen molar-refractivity contribution >= 4 is 36.1 Å². The maximum atomic E-state index is 9.55. The maximum Gasteiger partial charge on any atom is 0.106 e. The van der Waals surface area contributed by atoms with Crippen LogP contribution in [0.25, 0.3) is 0 Å². The van der Waals surface area contributed by atoms with Crippen molar-refractivity contribution in [3.05, 3.63) is 0 Å². The van der Waals surface area contributed by atoms with Crippen molar-refractivity contribution in [2.75, 3.05) is 13.1 Å². The van der Waals surface area contributed by atoms with E-state index in [1.807, 2.05) is 11.8 Å². The molecular formula is C6H12N2OS3. The van der Waals surface area contributed by atoms with Crippen molar-refractivity contribution in [2.45, 2.75) is 18.7 Å². The molecule has 6 heteroatoms. The van der Waals surface area contributed by atoms with Crippen LogP contribution in [0.4, 0.5) is 0 Å². The van der Waals surface area contributed by atoms with Crippen LogP contribution in [0.5, 0.6) is 0 Å². The first-order valence-corrected chi connectivity index (χ1v) is 7.28. The van der Waals surface area contributed by atoms with Crippen molar-refractivity contribution in [2.24, 2.45) is 4.99 Å². The molecule has 0 amide bonds. The number of rotatable bonds is 3. The van der Waals surface area contributed by atoms with Crippen LogP contribution in [0.1, 0.15) is 13.3 Å². The van der Waals surface area contributed by atoms with E-state index in [0.29, 0.717) is 0 Å². The normalized spacial score (nSPS) is 20.0. The van der Waals surface area contributed by atoms with Gasteiger partial charge in [0.2, 0.25) is 0 Å². The summed E-state index contributed by atoms with van der Waals surface area (Å²) in [6.07, 6.45) is 2.52. The van der Waals surface area contributed by atoms with E-state index in [-0.39, 0.29) is 5.37 Å². The van der Waals surface area contributed by atoms with Gasteiger partial charge in [0.05, 0.1) is 12.9 Å². The second-order valence-electron chi connectivity index (χ2n) is 2.64. The largest absolute Gasteiger partial charge is 0.346 e. The molecule has 0 aromatic rings. The Morgan fingerprint density at radius 3 is 2.75 bits per heavy atom. The van der Waals surface area contributed by atoms with Gasteiger partial charge in [0.15, 0.2) is 0 Å². The van der Waals surface area contributed by atoms with Gasteiger partial charge in [0.1, 0.15) is 5.37 Å². The topological polar surface area (TPSA) is 35.8 Å². The van der Waals surface area contributed by atoms with Crippen LogP contribution in [-0.2, 0) is 29.8 Å². The Balaban J connectivity index is 2.75. The molecule has 3 nitrogen and oxygen atoms in total. The highest BCUT2D eigenvalue weighted by Crippen LogP contribution is 2.11. The van der Waals surface area contributed by atoms with Crippen molar-refractivity contribution in [3.63, 3.8) is 0 Å². The van der Waals surface area contributed by atoms with E-state index in [1.165, 1.54) is 0 Å². The van der Waals surface area contributed by atoms with Gasteiger partial charge in [-0.3, -0.25) is 4.99 Å². The van der Waals surface area contributed by atoms with E-state index >= 15 is 0 Å². The Morgan fingerprint density at radius 1 is 1.75 bits per heavy atom. The van der Waals surface area contributed by atoms with E-state index in [1.54, 1.807) is 6.34 Å². The van der Waals surface area contributed by atoms with Crippen molar-refractivity contribution in [1.29, 1.82) is 0 Å². The zero-order valence-corrected chi connectivity index (χ0v) is 9.29. The predicted molar refractivity (Wildman–Crippen MR) is 58.9 cm³/mol. The summed E-state index contributed by atoms with van der Waals surface area (Å²) >= 11 is 9.78. The fourth-order valence-electron chi connectivity index (χ4n) is 1.23. The molecule has 1 rings (SSSR count). The molecule has 0 bridgehead atoms. The predicted octanol–water partition coefficient (Wildman–Crippen LogP) is 0.617. The molecule has 1 unspecified atom stereocenters. The van der Waals surface area contributed by atoms with Gasteiger partial charge in [-0.25, -0.2) is 0 Å². The summed E-state index contributed by atoms with van der Waals surface area (Å²) < 4.78 is 9.55. The Hall–Kier alpha value is 0.220. The summed E-state index contributed by atoms with van der Waals surface area (Å²) in [5, 5.41) is -0.0891. The summed E-state index contributed by atoms with van der Waals surface area (Å²) in [5.74, 6) is 0. The van der Waals surface area contributed by atoms with E-state index in [0.717, 1.165) is 19.5 Å². The molecule has 12 heavy (non-hydrogen) atoms. The van der Waals surface area contributed by atoms with Gasteiger partial charge in [-0.15, -0.1) is 0 Å². The summed E-state index contributed by atoms with van der Waals surface area (Å²) in [5.41, 5.74) is 0. The number of aliphatic imine (C=N–C) groups is 1. The lowest BCUT2D eigenvalue weighted by atomic mass is 10.4. The Kier molecular flexibility index (Phi) is 3.39. The molecule has 1 N–H and O–H groups in total. The Labute approximate surface area is 82.5 Å². The van der Waals surface area contributed by atoms with Gasteiger partial charge in [0.25, 0.3) is 0 Å². The van der Waals surface area contributed by atoms with Crippen molar-refractivity contribution < 1.29 is 4.55 Å². The van der Waals surface area contributed by atoms with Crippen LogP contribution < -0.4 is 0 Å². The third-order valence-electron chi connectivity index (χ3n) is 1.78. The number of nitrogens with zero attached hydrogens (tertiary/aromatic N) is 2. The quantitative estimate of drug-likeness (QED) is 0.762. The molecule has 1 atom stereocenters. The molecule has 0 radical (unpaired) electrons. The van der Waals surface area contributed by atoms with Crippen molar-refractivity contribution in [1.82, 2.24) is 4.90 Å². The second kappa shape index (κ2) is 3.95. The fraction of sp³-hybridized carbons (Fsp3) is 0.833. The first-order chi connectivity index (χ1) is 5.55. The minimum absolute atomic E-state index is 0.0891. The molecule has 70 valence electrons. The smallest absolute Gasteiger partial charge is 0.106 e. The highest BCUT2D eigenvalue weighted by atomic mass is 33.1. The van der Waals surface area contributed by atoms with Gasteiger partial charge in [0, 0.05) is 14.0 Å². The molecule has 0 aliphatic carbocycles. The van der Waals surface area contributed by atoms with Crippen LogP contribution >= 0.6 is 0 Å². The van der Waals surface area contributed by atoms with Crippen LogP contribution in [-0.4, -0.2) is 34.3 Å². The summed E-state index contributed by atoms with van der Waals surface area (Å²) in [4.78, 5) is 6.01. The minimum Gasteiger partial charge on any atom is -0.346 e. The summed E-state index contributed by atoms with van der Waals surface area (Å²) in [7, 11) is -2.30. The second-order valence-corrected chi connectivity index (χ2v) is 7.89. The third kappa shape index (κ3) is 2.35. The van der Waals surface area contributed by atoms with E-state index < -0.39 is 7.43 Å². The number of hydrogen-bond acceptors (Lipinski definition) is 4. The monoisotopic (exact) mass is 224 g/mol. The zero-order chi connectivity index (χ0) is 9.19. The van der Waals surface area contributed by atoms with E-state index in [9.17, 15) is 4.55 Å². The first-order valence-electron chi connectivity index (χ1n) is 3.77. The van der Waals surface area contributed by atoms with Gasteiger partial charge in [-0.05, 0) is 28.8 Å². The average Bonchev–Trinajstić information content (AvgIpc) is 2.38. The lowest BCUT2D eigenvalue weighted by Gasteiger charge is -2.26. The van der Waals surface area contributed by atoms with E-state index in [4.69, 9.17) is 22.4 Å². The maximum absolute atomic E-state index is 9.55. The first kappa shape index (κ1) is 10.3. The van der Waals surface area contributed by atoms with Crippen LogP contribution in [0.3, 0.4) is 0 Å². The molecule has 0 fully saturated rings. The summed E-state index contributed by atoms with van der Waals surface area (Å²) in [6.45, 7) is 3.60. The van der Waals surface area contributed by atoms with Gasteiger partial charge in [-0.2, -0.15) is 0 Å². The zero-order valence-electron chi connectivity index (χ0n) is 6.84. The number of hydrogen-bond donors (Lipinski definition) is 1. The molecule has 0 spiro atoms. The highest BCUT2D eigenvalue weighted by Gasteiger charge is 2.21. The lowest BCUT2D eigenvalue weighted by molar-refractivity contribution is 0.414. The SMILES string of the molecule is CCC(N1C=NCC1)S(O)(=S)=S.